The predicted molar refractivity (Wildman–Crippen MR) is 124 cm³/mol. The first-order valence-corrected chi connectivity index (χ1v) is 10.7. The van der Waals surface area contributed by atoms with Crippen LogP contribution in [0.3, 0.4) is 0 Å². The Morgan fingerprint density at radius 3 is 2.59 bits per heavy atom. The molecule has 4 aromatic rings. The summed E-state index contributed by atoms with van der Waals surface area (Å²) in [6.07, 6.45) is 1.27. The third kappa shape index (κ3) is 3.52. The number of aromatic nitrogens is 4. The number of ether oxygens (including phenoxy) is 1. The highest BCUT2D eigenvalue weighted by molar-refractivity contribution is 5.91. The molecule has 0 unspecified atom stereocenters. The van der Waals surface area contributed by atoms with Crippen LogP contribution in [0.2, 0.25) is 0 Å². The van der Waals surface area contributed by atoms with E-state index in [9.17, 15) is 9.90 Å². The van der Waals surface area contributed by atoms with Crippen molar-refractivity contribution < 1.29 is 9.84 Å². The molecule has 1 fully saturated rings. The number of H-pyrrole nitrogens is 1. The number of piperidine rings is 1. The van der Waals surface area contributed by atoms with Crippen molar-refractivity contribution in [3.05, 3.63) is 58.9 Å². The molecule has 5 rings (SSSR count). The maximum atomic E-state index is 13.1. The van der Waals surface area contributed by atoms with E-state index < -0.39 is 0 Å². The highest BCUT2D eigenvalue weighted by Crippen LogP contribution is 2.33. The summed E-state index contributed by atoms with van der Waals surface area (Å²) in [6.45, 7) is 1.59. The number of aliphatic hydroxyl groups is 1. The van der Waals surface area contributed by atoms with Crippen molar-refractivity contribution in [3.8, 4) is 28.4 Å². The molecular weight excluding hydrogens is 406 g/mol. The lowest BCUT2D eigenvalue weighted by atomic mass is 10.1. The van der Waals surface area contributed by atoms with Crippen LogP contribution in [0.25, 0.3) is 33.7 Å². The van der Waals surface area contributed by atoms with Gasteiger partial charge in [0.15, 0.2) is 5.65 Å². The molecule has 8 nitrogen and oxygen atoms in total. The fourth-order valence-corrected chi connectivity index (χ4v) is 4.28. The van der Waals surface area contributed by atoms with Crippen LogP contribution >= 0.6 is 0 Å². The summed E-state index contributed by atoms with van der Waals surface area (Å²) in [7, 11) is 3.40. The Balaban J connectivity index is 1.58. The highest BCUT2D eigenvalue weighted by Gasteiger charge is 2.21. The largest absolute Gasteiger partial charge is 0.496 e. The van der Waals surface area contributed by atoms with Crippen molar-refractivity contribution in [1.29, 1.82) is 0 Å². The molecule has 0 radical (unpaired) electrons. The molecule has 3 heterocycles. The number of anilines is 1. The third-order valence-electron chi connectivity index (χ3n) is 6.01. The van der Waals surface area contributed by atoms with Gasteiger partial charge in [0.2, 0.25) is 0 Å². The van der Waals surface area contributed by atoms with Gasteiger partial charge in [-0.25, -0.2) is 9.67 Å². The number of nitrogens with one attached hydrogen (secondary N) is 1. The third-order valence-corrected chi connectivity index (χ3v) is 6.01. The fraction of sp³-hybridized carbons (Fsp3) is 0.292. The molecule has 32 heavy (non-hydrogen) atoms. The van der Waals surface area contributed by atoms with Gasteiger partial charge < -0.3 is 19.7 Å². The molecule has 1 saturated heterocycles. The van der Waals surface area contributed by atoms with Gasteiger partial charge in [-0.1, -0.05) is 30.3 Å². The molecule has 0 spiro atoms. The van der Waals surface area contributed by atoms with Gasteiger partial charge in [0, 0.05) is 37.5 Å². The minimum Gasteiger partial charge on any atom is -0.496 e. The maximum Gasteiger partial charge on any atom is 0.262 e. The quantitative estimate of drug-likeness (QED) is 0.516. The highest BCUT2D eigenvalue weighted by atomic mass is 16.5. The van der Waals surface area contributed by atoms with Crippen LogP contribution in [0.4, 0.5) is 5.69 Å². The van der Waals surface area contributed by atoms with Crippen LogP contribution in [0.15, 0.2) is 53.3 Å². The van der Waals surface area contributed by atoms with Gasteiger partial charge >= 0.3 is 0 Å². The zero-order valence-corrected chi connectivity index (χ0v) is 18.1. The minimum atomic E-state index is -0.242. The van der Waals surface area contributed by atoms with Crippen molar-refractivity contribution in [1.82, 2.24) is 19.7 Å². The molecule has 0 bridgehead atoms. The molecule has 2 aromatic heterocycles. The molecule has 0 saturated carbocycles. The lowest BCUT2D eigenvalue weighted by molar-refractivity contribution is 0.145. The van der Waals surface area contributed by atoms with Crippen LogP contribution in [0, 0.1) is 0 Å². The number of aromatic amines is 1. The first-order chi connectivity index (χ1) is 15.5. The number of hydrogen-bond acceptors (Lipinski definition) is 6. The molecule has 2 N–H and O–H groups in total. The van der Waals surface area contributed by atoms with Gasteiger partial charge in [0.25, 0.3) is 5.56 Å². The number of rotatable bonds is 4. The molecule has 8 heteroatoms. The summed E-state index contributed by atoms with van der Waals surface area (Å²) < 4.78 is 7.28. The Bertz CT molecular complexity index is 1320. The number of hydrogen-bond donors (Lipinski definition) is 2. The smallest absolute Gasteiger partial charge is 0.262 e. The molecule has 0 atom stereocenters. The summed E-state index contributed by atoms with van der Waals surface area (Å²) in [5.41, 5.74) is 3.47. The summed E-state index contributed by atoms with van der Waals surface area (Å²) in [6, 6.07) is 15.5. The Labute approximate surface area is 185 Å². The van der Waals surface area contributed by atoms with Crippen LogP contribution < -0.4 is 15.2 Å². The molecule has 2 aromatic carbocycles. The average molecular weight is 431 g/mol. The van der Waals surface area contributed by atoms with Gasteiger partial charge in [-0.2, -0.15) is 5.10 Å². The van der Waals surface area contributed by atoms with Crippen LogP contribution in [-0.2, 0) is 7.05 Å². The SMILES string of the molecule is COc1cc(N2CCC(O)CC2)ccc1-c1nc2c(c(-c3ccccc3)nn2C)c(=O)[nH]1. The zero-order chi connectivity index (χ0) is 22.2. The lowest BCUT2D eigenvalue weighted by Gasteiger charge is -2.31. The Hall–Kier alpha value is -3.65. The van der Waals surface area contributed by atoms with E-state index in [1.165, 1.54) is 0 Å². The van der Waals surface area contributed by atoms with Crippen molar-refractivity contribution in [3.63, 3.8) is 0 Å². The number of aryl methyl sites for hydroxylation is 1. The van der Waals surface area contributed by atoms with Gasteiger partial charge in [-0.05, 0) is 25.0 Å². The first kappa shape index (κ1) is 20.3. The molecule has 1 aliphatic rings. The van der Waals surface area contributed by atoms with Crippen LogP contribution in [0.5, 0.6) is 5.75 Å². The fourth-order valence-electron chi connectivity index (χ4n) is 4.28. The second-order valence-corrected chi connectivity index (χ2v) is 8.05. The standard InChI is InChI=1S/C24H25N5O3/c1-28-23-20(21(27-28)15-6-4-3-5-7-15)24(31)26-22(25-23)18-9-8-16(14-19(18)32-2)29-12-10-17(30)11-13-29/h3-9,14,17,30H,10-13H2,1-2H3,(H,25,26,31). The van der Waals surface area contributed by atoms with Gasteiger partial charge in [-0.15, -0.1) is 0 Å². The number of fused-ring (bicyclic) bond motifs is 1. The molecule has 164 valence electrons. The Morgan fingerprint density at radius 1 is 1.12 bits per heavy atom. The second kappa shape index (κ2) is 8.12. The summed E-state index contributed by atoms with van der Waals surface area (Å²) in [4.78, 5) is 23.0. The Kier molecular flexibility index (Phi) is 5.14. The number of benzene rings is 2. The minimum absolute atomic E-state index is 0.229. The number of nitrogens with zero attached hydrogens (tertiary/aromatic N) is 4. The monoisotopic (exact) mass is 431 g/mol. The van der Waals surface area contributed by atoms with Crippen molar-refractivity contribution in [2.24, 2.45) is 7.05 Å². The predicted octanol–water partition coefficient (Wildman–Crippen LogP) is 2.96. The van der Waals surface area contributed by atoms with Crippen molar-refractivity contribution >= 4 is 16.7 Å². The van der Waals surface area contributed by atoms with Crippen molar-refractivity contribution in [2.75, 3.05) is 25.1 Å². The van der Waals surface area contributed by atoms with Gasteiger partial charge in [0.05, 0.1) is 18.8 Å². The zero-order valence-electron chi connectivity index (χ0n) is 18.1. The Morgan fingerprint density at radius 2 is 1.88 bits per heavy atom. The average Bonchev–Trinajstić information content (AvgIpc) is 3.16. The summed E-state index contributed by atoms with van der Waals surface area (Å²) in [5.74, 6) is 1.06. The topological polar surface area (TPSA) is 96.3 Å². The van der Waals surface area contributed by atoms with E-state index in [1.807, 2.05) is 48.5 Å². The summed E-state index contributed by atoms with van der Waals surface area (Å²) in [5, 5.41) is 14.8. The number of aliphatic hydroxyl groups excluding tert-OH is 1. The molecular formula is C24H25N5O3. The second-order valence-electron chi connectivity index (χ2n) is 8.05. The van der Waals surface area contributed by atoms with Crippen LogP contribution in [0.1, 0.15) is 12.8 Å². The maximum absolute atomic E-state index is 13.1. The van der Waals surface area contributed by atoms with E-state index in [2.05, 4.69) is 15.0 Å². The molecule has 0 amide bonds. The lowest BCUT2D eigenvalue weighted by Crippen LogP contribution is -2.35. The van der Waals surface area contributed by atoms with E-state index in [0.717, 1.165) is 37.2 Å². The number of methoxy groups -OCH3 is 1. The van der Waals surface area contributed by atoms with E-state index in [0.29, 0.717) is 33.9 Å². The van der Waals surface area contributed by atoms with E-state index in [1.54, 1.807) is 18.8 Å². The molecule has 1 aliphatic heterocycles. The molecule has 0 aliphatic carbocycles. The van der Waals surface area contributed by atoms with Gasteiger partial charge in [0.1, 0.15) is 22.7 Å². The summed E-state index contributed by atoms with van der Waals surface area (Å²) >= 11 is 0. The van der Waals surface area contributed by atoms with Crippen molar-refractivity contribution in [2.45, 2.75) is 18.9 Å². The van der Waals surface area contributed by atoms with E-state index >= 15 is 0 Å². The van der Waals surface area contributed by atoms with Crippen LogP contribution in [-0.4, -0.2) is 51.2 Å². The normalized spacial score (nSPS) is 14.8. The first-order valence-electron chi connectivity index (χ1n) is 10.7. The van der Waals surface area contributed by atoms with Gasteiger partial charge in [-0.3, -0.25) is 4.79 Å². The van der Waals surface area contributed by atoms with E-state index in [4.69, 9.17) is 9.72 Å². The van der Waals surface area contributed by atoms with E-state index in [-0.39, 0.29) is 11.7 Å².